The lowest BCUT2D eigenvalue weighted by Crippen LogP contribution is -2.26. The summed E-state index contributed by atoms with van der Waals surface area (Å²) >= 11 is 1.52. The summed E-state index contributed by atoms with van der Waals surface area (Å²) in [5, 5.41) is 12.4. The quantitative estimate of drug-likeness (QED) is 0.862. The maximum Gasteiger partial charge on any atom is 0.244 e. The lowest BCUT2D eigenvalue weighted by Gasteiger charge is -2.16. The van der Waals surface area contributed by atoms with Gasteiger partial charge in [0.2, 0.25) is 10.0 Å². The third-order valence-corrected chi connectivity index (χ3v) is 5.06. The predicted molar refractivity (Wildman–Crippen MR) is 71.9 cm³/mol. The van der Waals surface area contributed by atoms with E-state index in [1.54, 1.807) is 0 Å². The molecule has 2 aromatic rings. The van der Waals surface area contributed by atoms with Gasteiger partial charge in [-0.1, -0.05) is 0 Å². The normalized spacial score (nSPS) is 11.4. The van der Waals surface area contributed by atoms with Crippen LogP contribution in [-0.4, -0.2) is 24.8 Å². The van der Waals surface area contributed by atoms with Gasteiger partial charge in [-0.25, -0.2) is 13.4 Å². The maximum absolute atomic E-state index is 12.3. The van der Waals surface area contributed by atoms with Crippen molar-refractivity contribution in [1.82, 2.24) is 9.29 Å². The van der Waals surface area contributed by atoms with E-state index in [9.17, 15) is 8.42 Å². The van der Waals surface area contributed by atoms with E-state index in [0.29, 0.717) is 6.54 Å². The van der Waals surface area contributed by atoms with Crippen LogP contribution in [0.25, 0.3) is 0 Å². The molecule has 2 rings (SSSR count). The van der Waals surface area contributed by atoms with Gasteiger partial charge in [0.25, 0.3) is 0 Å². The molecule has 0 bridgehead atoms. The number of pyridine rings is 1. The fourth-order valence-corrected chi connectivity index (χ4v) is 3.27. The SMILES string of the molecule is CN(Cc1ccsc1)S(=O)(=O)c1ccc(C#N)nc1. The summed E-state index contributed by atoms with van der Waals surface area (Å²) in [6.07, 6.45) is 1.21. The number of nitrogens with zero attached hydrogens (tertiary/aromatic N) is 3. The Morgan fingerprint density at radius 3 is 2.74 bits per heavy atom. The topological polar surface area (TPSA) is 74.1 Å². The van der Waals surface area contributed by atoms with Gasteiger partial charge in [-0.15, -0.1) is 0 Å². The molecule has 19 heavy (non-hydrogen) atoms. The van der Waals surface area contributed by atoms with Crippen molar-refractivity contribution < 1.29 is 8.42 Å². The van der Waals surface area contributed by atoms with Gasteiger partial charge in [-0.3, -0.25) is 0 Å². The average molecular weight is 293 g/mol. The molecule has 0 unspecified atom stereocenters. The number of hydrogen-bond acceptors (Lipinski definition) is 5. The summed E-state index contributed by atoms with van der Waals surface area (Å²) in [5.74, 6) is 0. The molecule has 0 aliphatic rings. The molecule has 0 saturated carbocycles. The van der Waals surface area contributed by atoms with Crippen LogP contribution < -0.4 is 0 Å². The lowest BCUT2D eigenvalue weighted by atomic mass is 10.3. The number of thiophene rings is 1. The molecule has 0 radical (unpaired) electrons. The number of rotatable bonds is 4. The molecule has 0 aliphatic heterocycles. The first-order chi connectivity index (χ1) is 9.04. The van der Waals surface area contributed by atoms with Gasteiger partial charge in [0.15, 0.2) is 0 Å². The third-order valence-electron chi connectivity index (χ3n) is 2.54. The van der Waals surface area contributed by atoms with E-state index in [2.05, 4.69) is 4.98 Å². The molecule has 2 heterocycles. The zero-order valence-corrected chi connectivity index (χ0v) is 11.8. The standard InChI is InChI=1S/C12H11N3O2S2/c1-15(8-10-4-5-18-9-10)19(16,17)12-3-2-11(6-13)14-7-12/h2-5,7,9H,8H2,1H3. The average Bonchev–Trinajstić information content (AvgIpc) is 2.91. The largest absolute Gasteiger partial charge is 0.244 e. The van der Waals surface area contributed by atoms with Crippen LogP contribution >= 0.6 is 11.3 Å². The number of nitriles is 1. The summed E-state index contributed by atoms with van der Waals surface area (Å²) in [6, 6.07) is 6.52. The molecule has 0 saturated heterocycles. The molecule has 5 nitrogen and oxygen atoms in total. The van der Waals surface area contributed by atoms with Crippen LogP contribution in [0.5, 0.6) is 0 Å². The Balaban J connectivity index is 2.23. The first-order valence-electron chi connectivity index (χ1n) is 5.37. The summed E-state index contributed by atoms with van der Waals surface area (Å²) in [5.41, 5.74) is 1.14. The Morgan fingerprint density at radius 1 is 1.42 bits per heavy atom. The number of aromatic nitrogens is 1. The van der Waals surface area contributed by atoms with Crippen LogP contribution in [0.4, 0.5) is 0 Å². The van der Waals surface area contributed by atoms with E-state index >= 15 is 0 Å². The first kappa shape index (κ1) is 13.7. The third kappa shape index (κ3) is 2.98. The molecular weight excluding hydrogens is 282 g/mol. The second-order valence-electron chi connectivity index (χ2n) is 3.88. The van der Waals surface area contributed by atoms with Crippen molar-refractivity contribution in [3.8, 4) is 6.07 Å². The van der Waals surface area contributed by atoms with Gasteiger partial charge < -0.3 is 0 Å². The monoisotopic (exact) mass is 293 g/mol. The van der Waals surface area contributed by atoms with Gasteiger partial charge >= 0.3 is 0 Å². The van der Waals surface area contributed by atoms with Gasteiger partial charge in [-0.05, 0) is 34.5 Å². The Morgan fingerprint density at radius 2 is 2.21 bits per heavy atom. The minimum absolute atomic E-state index is 0.0872. The van der Waals surface area contributed by atoms with Crippen LogP contribution in [-0.2, 0) is 16.6 Å². The van der Waals surface area contributed by atoms with Crippen LogP contribution in [0, 0.1) is 11.3 Å². The molecule has 0 N–H and O–H groups in total. The molecule has 0 amide bonds. The van der Waals surface area contributed by atoms with Crippen molar-refractivity contribution in [1.29, 1.82) is 5.26 Å². The molecule has 0 aliphatic carbocycles. The Kier molecular flexibility index (Phi) is 3.95. The van der Waals surface area contributed by atoms with E-state index < -0.39 is 10.0 Å². The fourth-order valence-electron chi connectivity index (χ4n) is 1.50. The van der Waals surface area contributed by atoms with Gasteiger partial charge in [-0.2, -0.15) is 20.9 Å². The van der Waals surface area contributed by atoms with Gasteiger partial charge in [0.05, 0.1) is 0 Å². The van der Waals surface area contributed by atoms with Crippen molar-refractivity contribution in [3.05, 3.63) is 46.4 Å². The number of sulfonamides is 1. The van der Waals surface area contributed by atoms with E-state index in [1.165, 1.54) is 41.0 Å². The summed E-state index contributed by atoms with van der Waals surface area (Å²) in [7, 11) is -2.05. The molecule has 0 fully saturated rings. The Bertz CT molecular complexity index is 686. The highest BCUT2D eigenvalue weighted by atomic mass is 32.2. The molecule has 0 atom stereocenters. The van der Waals surface area contributed by atoms with Crippen molar-refractivity contribution in [3.63, 3.8) is 0 Å². The first-order valence-corrected chi connectivity index (χ1v) is 7.76. The Hall–Kier alpha value is -1.75. The van der Waals surface area contributed by atoms with Gasteiger partial charge in [0.1, 0.15) is 16.7 Å². The summed E-state index contributed by atoms with van der Waals surface area (Å²) in [4.78, 5) is 3.87. The molecule has 0 spiro atoms. The minimum Gasteiger partial charge on any atom is -0.244 e. The second kappa shape index (κ2) is 5.48. The second-order valence-corrected chi connectivity index (χ2v) is 6.71. The lowest BCUT2D eigenvalue weighted by molar-refractivity contribution is 0.467. The van der Waals surface area contributed by atoms with E-state index in [0.717, 1.165) is 5.56 Å². The molecule has 2 aromatic heterocycles. The molecule has 7 heteroatoms. The Labute approximate surface area is 115 Å². The highest BCUT2D eigenvalue weighted by Crippen LogP contribution is 2.17. The predicted octanol–water partition coefficient (Wildman–Crippen LogP) is 1.84. The maximum atomic E-state index is 12.3. The van der Waals surface area contributed by atoms with Crippen molar-refractivity contribution >= 4 is 21.4 Å². The van der Waals surface area contributed by atoms with E-state index in [-0.39, 0.29) is 10.6 Å². The zero-order valence-electron chi connectivity index (χ0n) is 10.1. The van der Waals surface area contributed by atoms with Crippen molar-refractivity contribution in [2.75, 3.05) is 7.05 Å². The van der Waals surface area contributed by atoms with Crippen LogP contribution in [0.3, 0.4) is 0 Å². The van der Waals surface area contributed by atoms with Crippen LogP contribution in [0.1, 0.15) is 11.3 Å². The number of hydrogen-bond donors (Lipinski definition) is 0. The zero-order chi connectivity index (χ0) is 13.9. The van der Waals surface area contributed by atoms with Crippen LogP contribution in [0.15, 0.2) is 40.1 Å². The highest BCUT2D eigenvalue weighted by molar-refractivity contribution is 7.89. The smallest absolute Gasteiger partial charge is 0.244 e. The molecule has 98 valence electrons. The van der Waals surface area contributed by atoms with Crippen molar-refractivity contribution in [2.24, 2.45) is 0 Å². The van der Waals surface area contributed by atoms with E-state index in [1.807, 2.05) is 22.9 Å². The summed E-state index contributed by atoms with van der Waals surface area (Å²) in [6.45, 7) is 0.311. The van der Waals surface area contributed by atoms with Crippen LogP contribution in [0.2, 0.25) is 0 Å². The molecule has 0 aromatic carbocycles. The fraction of sp³-hybridized carbons (Fsp3) is 0.167. The summed E-state index contributed by atoms with van der Waals surface area (Å²) < 4.78 is 25.8. The van der Waals surface area contributed by atoms with E-state index in [4.69, 9.17) is 5.26 Å². The highest BCUT2D eigenvalue weighted by Gasteiger charge is 2.21. The minimum atomic E-state index is -3.57. The van der Waals surface area contributed by atoms with Crippen molar-refractivity contribution in [2.45, 2.75) is 11.4 Å². The molecular formula is C12H11N3O2S2. The van der Waals surface area contributed by atoms with Gasteiger partial charge in [0, 0.05) is 19.8 Å².